The number of halogens is 1. The van der Waals surface area contributed by atoms with Gasteiger partial charge in [0.05, 0.1) is 4.90 Å². The van der Waals surface area contributed by atoms with E-state index in [-0.39, 0.29) is 22.1 Å². The highest BCUT2D eigenvalue weighted by atomic mass is 32.2. The Bertz CT molecular complexity index is 935. The third kappa shape index (κ3) is 5.08. The highest BCUT2D eigenvalue weighted by molar-refractivity contribution is 7.89. The molecule has 0 saturated carbocycles. The molecule has 0 fully saturated rings. The second-order valence-corrected chi connectivity index (χ2v) is 7.17. The molecule has 0 aliphatic rings. The van der Waals surface area contributed by atoms with Crippen molar-refractivity contribution in [1.82, 2.24) is 4.72 Å². The lowest BCUT2D eigenvalue weighted by Crippen LogP contribution is -2.38. The van der Waals surface area contributed by atoms with Crippen LogP contribution in [0.4, 0.5) is 4.39 Å². The molecule has 0 amide bonds. The fraction of sp³-hybridized carbons (Fsp3) is 0.111. The SMILES string of the molecule is C[C@H](NS(=O)(=O)c1ccc(C(=O)/C=C/c2ccc(F)cc2)cc1)C(=O)O. The molecule has 0 heterocycles. The van der Waals surface area contributed by atoms with Crippen LogP contribution in [-0.4, -0.2) is 31.3 Å². The first kappa shape index (κ1) is 19.5. The zero-order valence-corrected chi connectivity index (χ0v) is 14.5. The average Bonchev–Trinajstić information content (AvgIpc) is 2.60. The van der Waals surface area contributed by atoms with E-state index in [0.717, 1.165) is 0 Å². The first-order valence-corrected chi connectivity index (χ1v) is 9.00. The van der Waals surface area contributed by atoms with E-state index in [9.17, 15) is 22.4 Å². The highest BCUT2D eigenvalue weighted by Crippen LogP contribution is 2.13. The number of rotatable bonds is 7. The number of benzene rings is 2. The van der Waals surface area contributed by atoms with Gasteiger partial charge in [-0.3, -0.25) is 9.59 Å². The zero-order valence-electron chi connectivity index (χ0n) is 13.7. The quantitative estimate of drug-likeness (QED) is 0.570. The molecular weight excluding hydrogens is 361 g/mol. The predicted octanol–water partition coefficient (Wildman–Crippen LogP) is 2.47. The Labute approximate surface area is 150 Å². The molecular formula is C18H16FNO5S. The number of aliphatic carboxylic acids is 1. The van der Waals surface area contributed by atoms with Gasteiger partial charge in [-0.1, -0.05) is 18.2 Å². The topological polar surface area (TPSA) is 101 Å². The van der Waals surface area contributed by atoms with Crippen LogP contribution in [-0.2, 0) is 14.8 Å². The van der Waals surface area contributed by atoms with Gasteiger partial charge in [0.2, 0.25) is 10.0 Å². The van der Waals surface area contributed by atoms with E-state index in [2.05, 4.69) is 0 Å². The van der Waals surface area contributed by atoms with Crippen LogP contribution in [0.25, 0.3) is 6.08 Å². The Balaban J connectivity index is 2.12. The maximum absolute atomic E-state index is 12.8. The van der Waals surface area contributed by atoms with Crippen LogP contribution in [0.3, 0.4) is 0 Å². The number of carboxylic acid groups (broad SMARTS) is 1. The molecule has 2 aromatic rings. The Morgan fingerprint density at radius 3 is 2.19 bits per heavy atom. The molecule has 8 heteroatoms. The third-order valence-electron chi connectivity index (χ3n) is 3.45. The van der Waals surface area contributed by atoms with E-state index in [0.29, 0.717) is 5.56 Å². The zero-order chi connectivity index (χ0) is 19.3. The molecule has 6 nitrogen and oxygen atoms in total. The molecule has 2 rings (SSSR count). The smallest absolute Gasteiger partial charge is 0.321 e. The lowest BCUT2D eigenvalue weighted by atomic mass is 10.1. The number of hydrogen-bond donors (Lipinski definition) is 2. The van der Waals surface area contributed by atoms with Crippen LogP contribution in [0, 0.1) is 5.82 Å². The monoisotopic (exact) mass is 377 g/mol. The van der Waals surface area contributed by atoms with Gasteiger partial charge in [0, 0.05) is 5.56 Å². The van der Waals surface area contributed by atoms with Crippen LogP contribution in [0.2, 0.25) is 0 Å². The van der Waals surface area contributed by atoms with Crippen LogP contribution in [0.1, 0.15) is 22.8 Å². The lowest BCUT2D eigenvalue weighted by Gasteiger charge is -2.10. The Hall–Kier alpha value is -2.84. The fourth-order valence-electron chi connectivity index (χ4n) is 1.99. The summed E-state index contributed by atoms with van der Waals surface area (Å²) in [5, 5.41) is 8.78. The molecule has 0 aliphatic carbocycles. The number of carbonyl (C=O) groups excluding carboxylic acids is 1. The van der Waals surface area contributed by atoms with Gasteiger partial charge in [-0.2, -0.15) is 4.72 Å². The molecule has 0 unspecified atom stereocenters. The molecule has 0 radical (unpaired) electrons. The van der Waals surface area contributed by atoms with Gasteiger partial charge in [-0.05, 0) is 55.0 Å². The second-order valence-electron chi connectivity index (χ2n) is 5.45. The van der Waals surface area contributed by atoms with Crippen molar-refractivity contribution in [2.75, 3.05) is 0 Å². The van der Waals surface area contributed by atoms with Crippen molar-refractivity contribution in [2.45, 2.75) is 17.9 Å². The largest absolute Gasteiger partial charge is 0.480 e. The van der Waals surface area contributed by atoms with E-state index in [1.165, 1.54) is 67.6 Å². The molecule has 0 aliphatic heterocycles. The summed E-state index contributed by atoms with van der Waals surface area (Å²) in [7, 11) is -4.00. The van der Waals surface area contributed by atoms with Crippen molar-refractivity contribution in [3.63, 3.8) is 0 Å². The number of carboxylic acids is 1. The summed E-state index contributed by atoms with van der Waals surface area (Å²) in [6, 6.07) is 9.40. The van der Waals surface area contributed by atoms with Gasteiger partial charge in [-0.25, -0.2) is 12.8 Å². The van der Waals surface area contributed by atoms with Gasteiger partial charge in [0.25, 0.3) is 0 Å². The number of carbonyl (C=O) groups is 2. The minimum atomic E-state index is -4.00. The summed E-state index contributed by atoms with van der Waals surface area (Å²) in [5.41, 5.74) is 0.902. The number of allylic oxidation sites excluding steroid dienone is 1. The van der Waals surface area contributed by atoms with E-state index >= 15 is 0 Å². The Morgan fingerprint density at radius 2 is 1.65 bits per heavy atom. The van der Waals surface area contributed by atoms with E-state index in [4.69, 9.17) is 5.11 Å². The lowest BCUT2D eigenvalue weighted by molar-refractivity contribution is -0.138. The molecule has 0 saturated heterocycles. The van der Waals surface area contributed by atoms with Crippen LogP contribution >= 0.6 is 0 Å². The molecule has 1 atom stereocenters. The molecule has 0 aromatic heterocycles. The van der Waals surface area contributed by atoms with Crippen molar-refractivity contribution in [2.24, 2.45) is 0 Å². The van der Waals surface area contributed by atoms with Gasteiger partial charge < -0.3 is 5.11 Å². The highest BCUT2D eigenvalue weighted by Gasteiger charge is 2.21. The van der Waals surface area contributed by atoms with Crippen molar-refractivity contribution in [3.05, 3.63) is 71.6 Å². The summed E-state index contributed by atoms with van der Waals surface area (Å²) in [6.45, 7) is 1.21. The van der Waals surface area contributed by atoms with Crippen LogP contribution in [0.5, 0.6) is 0 Å². The number of ketones is 1. The van der Waals surface area contributed by atoms with Crippen molar-refractivity contribution < 1.29 is 27.5 Å². The van der Waals surface area contributed by atoms with E-state index < -0.39 is 22.0 Å². The van der Waals surface area contributed by atoms with Crippen LogP contribution < -0.4 is 4.72 Å². The summed E-state index contributed by atoms with van der Waals surface area (Å²) in [6.07, 6.45) is 2.81. The van der Waals surface area contributed by atoms with Gasteiger partial charge >= 0.3 is 5.97 Å². The Kier molecular flexibility index (Phi) is 6.01. The molecule has 0 bridgehead atoms. The summed E-state index contributed by atoms with van der Waals surface area (Å²) < 4.78 is 39.0. The summed E-state index contributed by atoms with van der Waals surface area (Å²) in [5.74, 6) is -2.03. The molecule has 2 aromatic carbocycles. The average molecular weight is 377 g/mol. The van der Waals surface area contributed by atoms with Crippen molar-refractivity contribution in [1.29, 1.82) is 0 Å². The molecule has 26 heavy (non-hydrogen) atoms. The standard InChI is InChI=1S/C18H16FNO5S/c1-12(18(22)23)20-26(24,25)16-9-5-14(6-10-16)17(21)11-4-13-2-7-15(19)8-3-13/h2-12,20H,1H3,(H,22,23)/b11-4+/t12-/m0/s1. The number of hydrogen-bond acceptors (Lipinski definition) is 4. The van der Waals surface area contributed by atoms with Crippen LogP contribution in [0.15, 0.2) is 59.5 Å². The fourth-order valence-corrected chi connectivity index (χ4v) is 3.19. The Morgan fingerprint density at radius 1 is 1.08 bits per heavy atom. The van der Waals surface area contributed by atoms with E-state index in [1.54, 1.807) is 0 Å². The predicted molar refractivity (Wildman–Crippen MR) is 93.6 cm³/mol. The third-order valence-corrected chi connectivity index (χ3v) is 5.01. The minimum absolute atomic E-state index is 0.148. The summed E-state index contributed by atoms with van der Waals surface area (Å²) in [4.78, 5) is 22.7. The first-order valence-electron chi connectivity index (χ1n) is 7.52. The molecule has 2 N–H and O–H groups in total. The normalized spacial score (nSPS) is 12.8. The van der Waals surface area contributed by atoms with Gasteiger partial charge in [0.1, 0.15) is 11.9 Å². The van der Waals surface area contributed by atoms with E-state index in [1.807, 2.05) is 4.72 Å². The summed E-state index contributed by atoms with van der Waals surface area (Å²) >= 11 is 0. The van der Waals surface area contributed by atoms with Gasteiger partial charge in [0.15, 0.2) is 5.78 Å². The maximum Gasteiger partial charge on any atom is 0.321 e. The number of nitrogens with one attached hydrogen (secondary N) is 1. The maximum atomic E-state index is 12.8. The second kappa shape index (κ2) is 8.03. The molecule has 136 valence electrons. The van der Waals surface area contributed by atoms with Gasteiger partial charge in [-0.15, -0.1) is 0 Å². The molecule has 0 spiro atoms. The number of sulfonamides is 1. The first-order chi connectivity index (χ1) is 12.2. The minimum Gasteiger partial charge on any atom is -0.480 e. The van der Waals surface area contributed by atoms with Crippen molar-refractivity contribution >= 4 is 27.9 Å². The van der Waals surface area contributed by atoms with Crippen molar-refractivity contribution in [3.8, 4) is 0 Å².